The Balaban J connectivity index is 0.659. The van der Waals surface area contributed by atoms with Crippen molar-refractivity contribution in [3.05, 3.63) is 361 Å². The Bertz CT molecular complexity index is 5160. The number of nitrogens with zero attached hydrogens (tertiary/aromatic N) is 12. The van der Waals surface area contributed by atoms with Crippen LogP contribution < -0.4 is 16.0 Å². The van der Waals surface area contributed by atoms with E-state index in [1.165, 1.54) is 40.3 Å². The topological polar surface area (TPSA) is 295 Å². The molecule has 0 bridgehead atoms. The number of phosphoric ester groups is 1. The third kappa shape index (κ3) is 14.8. The highest BCUT2D eigenvalue weighted by Crippen LogP contribution is 2.54. The molecule has 9 heterocycles. The minimum atomic E-state index is -4.91. The fraction of sp³-hybridized carbons (Fsp3) is 0.258. The highest BCUT2D eigenvalue weighted by Gasteiger charge is 2.53. The van der Waals surface area contributed by atoms with Crippen molar-refractivity contribution in [3.63, 3.8) is 0 Å². The first kappa shape index (κ1) is 80.8. The van der Waals surface area contributed by atoms with Crippen LogP contribution in [-0.2, 0) is 77.4 Å². The molecule has 0 radical (unpaired) electrons. The molecule has 0 spiro atoms. The lowest BCUT2D eigenvalue weighted by Crippen LogP contribution is -2.38. The van der Waals surface area contributed by atoms with Crippen molar-refractivity contribution in [3.8, 4) is 0 Å². The third-order valence-corrected chi connectivity index (χ3v) is 24.8. The Morgan fingerprint density at radius 3 is 0.672 bits per heavy atom. The number of rotatable bonds is 33. The first-order valence-electron chi connectivity index (χ1n) is 40.1. The minimum absolute atomic E-state index is 0.411. The van der Waals surface area contributed by atoms with Crippen LogP contribution in [0.4, 0.5) is 17.5 Å². The molecule has 0 aliphatic carbocycles. The van der Waals surface area contributed by atoms with E-state index in [1.54, 1.807) is 54.0 Å². The lowest BCUT2D eigenvalue weighted by atomic mass is 9.77. The molecule has 9 aromatic carbocycles. The fourth-order valence-electron chi connectivity index (χ4n) is 17.7. The second-order valence-electron chi connectivity index (χ2n) is 29.8. The van der Waals surface area contributed by atoms with Gasteiger partial charge in [0, 0.05) is 42.7 Å². The maximum atomic E-state index is 16.4. The van der Waals surface area contributed by atoms with E-state index in [0.717, 1.165) is 50.1 Å². The second-order valence-corrected chi connectivity index (χ2v) is 31.5. The van der Waals surface area contributed by atoms with Gasteiger partial charge in [-0.05, 0) is 50.1 Å². The minimum Gasteiger partial charge on any atom is -0.376 e. The van der Waals surface area contributed by atoms with Gasteiger partial charge in [-0.25, -0.2) is 49.4 Å². The summed E-state index contributed by atoms with van der Waals surface area (Å²) < 4.78 is 100. The third-order valence-electron chi connectivity index (χ3n) is 23.4. The summed E-state index contributed by atoms with van der Waals surface area (Å²) in [6.45, 7) is -1.35. The number of phosphoric acid groups is 1. The van der Waals surface area contributed by atoms with E-state index in [2.05, 4.69) is 125 Å². The van der Waals surface area contributed by atoms with Crippen molar-refractivity contribution >= 4 is 58.8 Å². The van der Waals surface area contributed by atoms with Gasteiger partial charge in [-0.1, -0.05) is 273 Å². The Labute approximate surface area is 704 Å². The van der Waals surface area contributed by atoms with Crippen molar-refractivity contribution < 1.29 is 60.8 Å². The molecule has 3 aliphatic rings. The number of anilines is 3. The first-order chi connectivity index (χ1) is 60.1. The molecular weight excluding hydrogens is 1570 g/mol. The van der Waals surface area contributed by atoms with Crippen LogP contribution in [0, 0.1) is 0 Å². The fourth-order valence-corrected chi connectivity index (χ4v) is 18.9. The molecule has 3 saturated heterocycles. The van der Waals surface area contributed by atoms with Crippen molar-refractivity contribution in [2.75, 3.05) is 78.4 Å². The molecule has 28 nitrogen and oxygen atoms in total. The van der Waals surface area contributed by atoms with E-state index in [-0.39, 0.29) is 0 Å². The smallest absolute Gasteiger partial charge is 0.376 e. The van der Waals surface area contributed by atoms with Crippen LogP contribution in [0.5, 0.6) is 0 Å². The van der Waals surface area contributed by atoms with Gasteiger partial charge in [0.25, 0.3) is 0 Å². The van der Waals surface area contributed by atoms with Gasteiger partial charge in [-0.3, -0.25) is 27.3 Å². The summed E-state index contributed by atoms with van der Waals surface area (Å²) in [7, 11) is 4.35. The summed E-state index contributed by atoms with van der Waals surface area (Å²) >= 11 is 0. The standard InChI is InChI=1S/C93H90N15O13P/c1-110-76-70(119-88(79(76)113-4)106-58-100-73-82(94-55-97-85(73)106)103-91(61-34-16-7-17-35-61,62-36-18-8-19-37-62)63-38-20-9-21-39-63)52-116-122(109,117-53-71-77(111-2)80(114-5)89(120-71)107-59-101-74-83(95-56-98-86(74)107)104-92(64-40-22-10-23-41-64,65-42-24-11-25-43-65)66-44-26-12-27-45-66)118-54-72-78(112-3)81(115-6)90(121-72)108-60-102-75-84(96-57-99-87(75)108)105-93(67-46-28-13-29-47-67,68-48-30-14-31-49-68)69-50-32-15-33-51-69/h7-51,55-60,70-72,76-81,88-90H,52-54H2,1-6H3,(H,94,97,103)(H,95,98,104)(H,96,99,105)/t70-,71-,72-,76-,77-,78-,79-,80-,81-,88-,89-,90-/m1/s1. The number of methoxy groups -OCH3 is 6. The molecule has 3 aliphatic heterocycles. The lowest BCUT2D eigenvalue weighted by Gasteiger charge is -2.37. The van der Waals surface area contributed by atoms with Gasteiger partial charge >= 0.3 is 7.82 Å². The molecule has 0 saturated carbocycles. The van der Waals surface area contributed by atoms with Crippen molar-refractivity contribution in [2.45, 2.75) is 90.2 Å². The van der Waals surface area contributed by atoms with Crippen LogP contribution in [0.1, 0.15) is 68.8 Å². The number of aromatic nitrogens is 12. The summed E-state index contributed by atoms with van der Waals surface area (Å²) in [5.41, 5.74) is 8.28. The summed E-state index contributed by atoms with van der Waals surface area (Å²) in [5, 5.41) is 11.6. The molecule has 18 rings (SSSR count). The Kier molecular flexibility index (Phi) is 23.5. The van der Waals surface area contributed by atoms with Crippen LogP contribution >= 0.6 is 7.82 Å². The summed E-state index contributed by atoms with van der Waals surface area (Å²) in [6, 6.07) is 91.7. The lowest BCUT2D eigenvalue weighted by molar-refractivity contribution is -0.0771. The van der Waals surface area contributed by atoms with Crippen molar-refractivity contribution in [1.82, 2.24) is 58.6 Å². The number of nitrogens with one attached hydrogen (secondary N) is 3. The van der Waals surface area contributed by atoms with E-state index in [4.69, 9.17) is 101 Å². The SMILES string of the molecule is CO[C@@H]1[C@H](OC)[C@@H](COP(=O)(OC[C@H]2O[C@@H](n3cnc4c(NC(c5ccccc5)(c5ccccc5)c5ccccc5)ncnc43)[C@H](OC)[C@@H]2OC)OC[C@H]2O[C@@H](n3cnc4c(NC(c5ccccc5)(c5ccccc5)c5ccccc5)ncnc43)[C@H](OC)[C@@H]2OC)O[C@H]1n1cnc2c(NC(c3ccccc3)(c3ccccc3)c3ccccc3)ncnc21. The monoisotopic (exact) mass is 1660 g/mol. The molecule has 29 heteroatoms. The molecule has 122 heavy (non-hydrogen) atoms. The maximum absolute atomic E-state index is 16.4. The average Bonchev–Trinajstić information content (AvgIpc) is 1.12. The summed E-state index contributed by atoms with van der Waals surface area (Å²) in [4.78, 5) is 44.1. The zero-order valence-electron chi connectivity index (χ0n) is 67.6. The van der Waals surface area contributed by atoms with Gasteiger partial charge in [0.2, 0.25) is 0 Å². The van der Waals surface area contributed by atoms with Crippen LogP contribution in [0.2, 0.25) is 0 Å². The van der Waals surface area contributed by atoms with Crippen LogP contribution in [0.3, 0.4) is 0 Å². The van der Waals surface area contributed by atoms with Crippen LogP contribution in [0.15, 0.2) is 311 Å². The maximum Gasteiger partial charge on any atom is 0.475 e. The van der Waals surface area contributed by atoms with E-state index in [9.17, 15) is 0 Å². The van der Waals surface area contributed by atoms with Crippen LogP contribution in [-0.4, -0.2) is 176 Å². The van der Waals surface area contributed by atoms with Gasteiger partial charge in [-0.2, -0.15) is 0 Å². The molecule has 3 N–H and O–H groups in total. The molecule has 3 fully saturated rings. The van der Waals surface area contributed by atoms with E-state index < -0.39 is 118 Å². The first-order valence-corrected chi connectivity index (χ1v) is 41.6. The summed E-state index contributed by atoms with van der Waals surface area (Å²) in [5.74, 6) is 1.32. The number of fused-ring (bicyclic) bond motifs is 3. The predicted molar refractivity (Wildman–Crippen MR) is 456 cm³/mol. The van der Waals surface area contributed by atoms with Gasteiger partial charge in [0.15, 0.2) is 69.6 Å². The van der Waals surface area contributed by atoms with E-state index in [0.29, 0.717) is 50.9 Å². The molecule has 0 unspecified atom stereocenters. The second kappa shape index (κ2) is 35.5. The molecule has 12 atom stereocenters. The van der Waals surface area contributed by atoms with Crippen LogP contribution in [0.25, 0.3) is 33.5 Å². The largest absolute Gasteiger partial charge is 0.475 e. The molecule has 0 amide bonds. The van der Waals surface area contributed by atoms with E-state index >= 15 is 4.57 Å². The Morgan fingerprint density at radius 2 is 0.484 bits per heavy atom. The molecular formula is C93H90N15O13P. The van der Waals surface area contributed by atoms with Crippen molar-refractivity contribution in [2.24, 2.45) is 0 Å². The molecule has 620 valence electrons. The van der Waals surface area contributed by atoms with Crippen molar-refractivity contribution in [1.29, 1.82) is 0 Å². The average molecular weight is 1660 g/mol. The number of ether oxygens (including phenoxy) is 9. The van der Waals surface area contributed by atoms with Gasteiger partial charge in [0.1, 0.15) is 90.5 Å². The number of hydrogen-bond acceptors (Lipinski definition) is 25. The number of hydrogen-bond donors (Lipinski definition) is 3. The Hall–Kier alpha value is -12.2. The van der Waals surface area contributed by atoms with Gasteiger partial charge < -0.3 is 58.6 Å². The zero-order chi connectivity index (χ0) is 83.2. The van der Waals surface area contributed by atoms with Gasteiger partial charge in [0.05, 0.1) is 38.8 Å². The highest BCUT2D eigenvalue weighted by atomic mass is 31.2. The number of imidazole rings is 3. The predicted octanol–water partition coefficient (Wildman–Crippen LogP) is 14.7. The summed E-state index contributed by atoms with van der Waals surface area (Å²) in [6.07, 6.45) is -1.77. The molecule has 15 aromatic rings. The highest BCUT2D eigenvalue weighted by molar-refractivity contribution is 7.48. The zero-order valence-corrected chi connectivity index (χ0v) is 68.5. The normalized spacial score (nSPS) is 21.4. The van der Waals surface area contributed by atoms with Gasteiger partial charge in [-0.15, -0.1) is 0 Å². The molecule has 6 aromatic heterocycles. The quantitative estimate of drug-likeness (QED) is 0.0254. The Morgan fingerprint density at radius 1 is 0.287 bits per heavy atom. The number of benzene rings is 9. The van der Waals surface area contributed by atoms with E-state index in [1.807, 2.05) is 164 Å².